The maximum absolute atomic E-state index is 13.5. The molecule has 2 aromatic carbocycles. The molecule has 29 heavy (non-hydrogen) atoms. The zero-order valence-corrected chi connectivity index (χ0v) is 18.1. The van der Waals surface area contributed by atoms with Crippen LogP contribution in [0.25, 0.3) is 0 Å². The van der Waals surface area contributed by atoms with E-state index in [1.54, 1.807) is 37.3 Å². The predicted octanol–water partition coefficient (Wildman–Crippen LogP) is 2.78. The number of benzene rings is 2. The second-order valence-electron chi connectivity index (χ2n) is 7.15. The predicted molar refractivity (Wildman–Crippen MR) is 114 cm³/mol. The molecule has 0 radical (unpaired) electrons. The number of sulfone groups is 1. The van der Waals surface area contributed by atoms with Gasteiger partial charge in [-0.2, -0.15) is 0 Å². The second-order valence-corrected chi connectivity index (χ2v) is 9.89. The van der Waals surface area contributed by atoms with E-state index in [2.05, 4.69) is 0 Å². The van der Waals surface area contributed by atoms with E-state index < -0.39 is 15.9 Å². The third-order valence-electron chi connectivity index (χ3n) is 5.12. The minimum Gasteiger partial charge on any atom is -0.496 e. The zero-order chi connectivity index (χ0) is 21.0. The molecular weight excluding hydrogens is 412 g/mol. The average Bonchev–Trinajstić information content (AvgIpc) is 2.70. The first-order chi connectivity index (χ1) is 13.8. The molecule has 1 amide bonds. The molecule has 1 fully saturated rings. The molecule has 0 spiro atoms. The van der Waals surface area contributed by atoms with Gasteiger partial charge in [0.25, 0.3) is 0 Å². The van der Waals surface area contributed by atoms with Crippen molar-refractivity contribution in [1.82, 2.24) is 9.80 Å². The van der Waals surface area contributed by atoms with Gasteiger partial charge in [-0.15, -0.1) is 0 Å². The summed E-state index contributed by atoms with van der Waals surface area (Å²) in [6.45, 7) is 1.00. The Labute approximate surface area is 176 Å². The topological polar surface area (TPSA) is 66.9 Å². The normalized spacial score (nSPS) is 17.5. The molecule has 1 aliphatic heterocycles. The molecule has 0 N–H and O–H groups in total. The molecule has 1 saturated heterocycles. The average molecular weight is 437 g/mol. The first-order valence-electron chi connectivity index (χ1n) is 9.37. The smallest absolute Gasteiger partial charge is 0.244 e. The number of amides is 1. The van der Waals surface area contributed by atoms with E-state index in [1.807, 2.05) is 35.2 Å². The van der Waals surface area contributed by atoms with Crippen molar-refractivity contribution in [2.75, 3.05) is 38.8 Å². The minimum absolute atomic E-state index is 0.0649. The Morgan fingerprint density at radius 1 is 1.17 bits per heavy atom. The highest BCUT2D eigenvalue weighted by molar-refractivity contribution is 7.91. The SMILES string of the molecule is COc1ccc(Cl)cc1CN(C)C(=O)C(c1ccccc1)N1CCS(=O)(=O)CC1. The molecule has 0 saturated carbocycles. The quantitative estimate of drug-likeness (QED) is 0.696. The summed E-state index contributed by atoms with van der Waals surface area (Å²) in [5, 5.41) is 0.572. The van der Waals surface area contributed by atoms with Gasteiger partial charge in [0, 0.05) is 37.3 Å². The lowest BCUT2D eigenvalue weighted by Gasteiger charge is -2.36. The summed E-state index contributed by atoms with van der Waals surface area (Å²) in [5.41, 5.74) is 1.66. The van der Waals surface area contributed by atoms with Crippen molar-refractivity contribution in [3.05, 3.63) is 64.7 Å². The number of methoxy groups -OCH3 is 1. The van der Waals surface area contributed by atoms with Crippen LogP contribution in [-0.2, 0) is 21.2 Å². The van der Waals surface area contributed by atoms with Crippen molar-refractivity contribution in [1.29, 1.82) is 0 Å². The number of nitrogens with zero attached hydrogens (tertiary/aromatic N) is 2. The van der Waals surface area contributed by atoms with Crippen LogP contribution < -0.4 is 4.74 Å². The van der Waals surface area contributed by atoms with Crippen LogP contribution >= 0.6 is 11.6 Å². The van der Waals surface area contributed by atoms with Crippen LogP contribution in [0.2, 0.25) is 5.02 Å². The summed E-state index contributed by atoms with van der Waals surface area (Å²) in [4.78, 5) is 17.0. The summed E-state index contributed by atoms with van der Waals surface area (Å²) in [6.07, 6.45) is 0. The van der Waals surface area contributed by atoms with E-state index in [9.17, 15) is 13.2 Å². The summed E-state index contributed by atoms with van der Waals surface area (Å²) in [5.74, 6) is 0.692. The first-order valence-corrected chi connectivity index (χ1v) is 11.6. The highest BCUT2D eigenvalue weighted by atomic mass is 35.5. The monoisotopic (exact) mass is 436 g/mol. The lowest BCUT2D eigenvalue weighted by atomic mass is 10.0. The molecule has 0 bridgehead atoms. The number of hydrogen-bond acceptors (Lipinski definition) is 5. The molecule has 3 rings (SSSR count). The Morgan fingerprint density at radius 2 is 1.83 bits per heavy atom. The number of ether oxygens (including phenoxy) is 1. The van der Waals surface area contributed by atoms with Crippen LogP contribution in [0.3, 0.4) is 0 Å². The molecule has 1 atom stereocenters. The van der Waals surface area contributed by atoms with Crippen molar-refractivity contribution in [2.45, 2.75) is 12.6 Å². The van der Waals surface area contributed by atoms with Crippen molar-refractivity contribution in [3.63, 3.8) is 0 Å². The fourth-order valence-corrected chi connectivity index (χ4v) is 4.97. The van der Waals surface area contributed by atoms with Gasteiger partial charge in [0.2, 0.25) is 5.91 Å². The van der Waals surface area contributed by atoms with E-state index in [0.717, 1.165) is 11.1 Å². The van der Waals surface area contributed by atoms with E-state index in [1.165, 1.54) is 0 Å². The molecule has 6 nitrogen and oxygen atoms in total. The van der Waals surface area contributed by atoms with Crippen LogP contribution in [0.15, 0.2) is 48.5 Å². The third-order valence-corrected chi connectivity index (χ3v) is 6.96. The molecule has 1 heterocycles. The van der Waals surface area contributed by atoms with E-state index in [0.29, 0.717) is 30.4 Å². The van der Waals surface area contributed by atoms with Crippen LogP contribution in [0.1, 0.15) is 17.2 Å². The summed E-state index contributed by atoms with van der Waals surface area (Å²) >= 11 is 6.12. The number of carbonyl (C=O) groups is 1. The second kappa shape index (κ2) is 9.15. The lowest BCUT2D eigenvalue weighted by Crippen LogP contribution is -2.47. The Bertz CT molecular complexity index is 952. The van der Waals surface area contributed by atoms with Gasteiger partial charge in [-0.05, 0) is 23.8 Å². The summed E-state index contributed by atoms with van der Waals surface area (Å²) in [6, 6.07) is 14.2. The van der Waals surface area contributed by atoms with Crippen LogP contribution in [0.5, 0.6) is 5.75 Å². The minimum atomic E-state index is -3.04. The Morgan fingerprint density at radius 3 is 2.45 bits per heavy atom. The van der Waals surface area contributed by atoms with E-state index >= 15 is 0 Å². The van der Waals surface area contributed by atoms with Crippen LogP contribution in [0, 0.1) is 0 Å². The highest BCUT2D eigenvalue weighted by Crippen LogP contribution is 2.28. The number of halogens is 1. The summed E-state index contributed by atoms with van der Waals surface area (Å²) in [7, 11) is 0.277. The van der Waals surface area contributed by atoms with Crippen molar-refractivity contribution in [2.24, 2.45) is 0 Å². The number of likely N-dealkylation sites (N-methyl/N-ethyl adjacent to an activating group) is 1. The molecule has 156 valence electrons. The van der Waals surface area contributed by atoms with Gasteiger partial charge in [0.05, 0.1) is 18.6 Å². The number of rotatable bonds is 6. The van der Waals surface area contributed by atoms with Gasteiger partial charge in [-0.3, -0.25) is 9.69 Å². The van der Waals surface area contributed by atoms with Crippen molar-refractivity contribution in [3.8, 4) is 5.75 Å². The molecule has 0 aromatic heterocycles. The van der Waals surface area contributed by atoms with Crippen molar-refractivity contribution < 1.29 is 17.9 Å². The molecule has 2 aromatic rings. The van der Waals surface area contributed by atoms with Gasteiger partial charge in [0.15, 0.2) is 9.84 Å². The molecular formula is C21H25ClN2O4S. The van der Waals surface area contributed by atoms with E-state index in [-0.39, 0.29) is 17.4 Å². The third kappa shape index (κ3) is 5.29. The zero-order valence-electron chi connectivity index (χ0n) is 16.5. The van der Waals surface area contributed by atoms with Gasteiger partial charge in [0.1, 0.15) is 11.8 Å². The van der Waals surface area contributed by atoms with Crippen molar-refractivity contribution >= 4 is 27.3 Å². The van der Waals surface area contributed by atoms with Gasteiger partial charge < -0.3 is 9.64 Å². The molecule has 0 aliphatic carbocycles. The largest absolute Gasteiger partial charge is 0.496 e. The highest BCUT2D eigenvalue weighted by Gasteiger charge is 2.34. The molecule has 1 aliphatic rings. The van der Waals surface area contributed by atoms with Crippen LogP contribution in [-0.4, -0.2) is 62.9 Å². The summed E-state index contributed by atoms with van der Waals surface area (Å²) < 4.78 is 29.1. The number of carbonyl (C=O) groups excluding carboxylic acids is 1. The maximum atomic E-state index is 13.5. The molecule has 8 heteroatoms. The van der Waals surface area contributed by atoms with Crippen LogP contribution in [0.4, 0.5) is 0 Å². The van der Waals surface area contributed by atoms with E-state index in [4.69, 9.17) is 16.3 Å². The Hall–Kier alpha value is -2.09. The lowest BCUT2D eigenvalue weighted by molar-refractivity contribution is -0.136. The molecule has 1 unspecified atom stereocenters. The Kier molecular flexibility index (Phi) is 6.82. The van der Waals surface area contributed by atoms with Gasteiger partial charge in [-0.1, -0.05) is 41.9 Å². The maximum Gasteiger partial charge on any atom is 0.244 e. The fourth-order valence-electron chi connectivity index (χ4n) is 3.54. The fraction of sp³-hybridized carbons (Fsp3) is 0.381. The standard InChI is InChI=1S/C21H25ClN2O4S/c1-23(15-17-14-18(22)8-9-19(17)28-2)21(25)20(16-6-4-3-5-7-16)24-10-12-29(26,27)13-11-24/h3-9,14,20H,10-13,15H2,1-2H3. The van der Waals surface area contributed by atoms with Gasteiger partial charge >= 0.3 is 0 Å². The Balaban J connectivity index is 1.86. The first kappa shape index (κ1) is 21.6. The van der Waals surface area contributed by atoms with Gasteiger partial charge in [-0.25, -0.2) is 8.42 Å². The number of hydrogen-bond donors (Lipinski definition) is 0.